The van der Waals surface area contributed by atoms with Gasteiger partial charge in [0, 0.05) is 6.42 Å². The minimum Gasteiger partial charge on any atom is -0.385 e. The van der Waals surface area contributed by atoms with Crippen LogP contribution in [-0.2, 0) is 14.4 Å². The molecule has 0 saturated carbocycles. The smallest absolute Gasteiger partial charge is 0.158 e. The first-order valence-corrected chi connectivity index (χ1v) is 4.04. The van der Waals surface area contributed by atoms with E-state index in [1.165, 1.54) is 20.8 Å². The van der Waals surface area contributed by atoms with Crippen molar-refractivity contribution < 1.29 is 19.5 Å². The van der Waals surface area contributed by atoms with Crippen molar-refractivity contribution >= 4 is 17.3 Å². The van der Waals surface area contributed by atoms with Crippen LogP contribution in [0.5, 0.6) is 0 Å². The van der Waals surface area contributed by atoms with E-state index in [1.807, 2.05) is 0 Å². The zero-order chi connectivity index (χ0) is 10.6. The Bertz CT molecular complexity index is 232. The Morgan fingerprint density at radius 1 is 1.08 bits per heavy atom. The van der Waals surface area contributed by atoms with Crippen LogP contribution >= 0.6 is 0 Å². The first-order chi connectivity index (χ1) is 5.86. The highest BCUT2D eigenvalue weighted by atomic mass is 16.3. The lowest BCUT2D eigenvalue weighted by molar-refractivity contribution is -0.137. The molecule has 13 heavy (non-hydrogen) atoms. The lowest BCUT2D eigenvalue weighted by atomic mass is 9.91. The van der Waals surface area contributed by atoms with Gasteiger partial charge in [-0.2, -0.15) is 0 Å². The molecule has 0 bridgehead atoms. The molecule has 4 heteroatoms. The summed E-state index contributed by atoms with van der Waals surface area (Å²) in [6.07, 6.45) is -1.42. The number of aliphatic hydroxyl groups is 1. The number of carbonyl (C=O) groups is 3. The van der Waals surface area contributed by atoms with Crippen LogP contribution in [0.15, 0.2) is 0 Å². The van der Waals surface area contributed by atoms with Gasteiger partial charge in [0.25, 0.3) is 0 Å². The second-order valence-electron chi connectivity index (χ2n) is 3.18. The molecule has 0 aliphatic heterocycles. The minimum atomic E-state index is -1.35. The molecule has 1 N–H and O–H groups in total. The van der Waals surface area contributed by atoms with Crippen molar-refractivity contribution in [2.45, 2.75) is 33.3 Å². The van der Waals surface area contributed by atoms with Gasteiger partial charge in [-0.15, -0.1) is 0 Å². The van der Waals surface area contributed by atoms with Crippen molar-refractivity contribution in [1.82, 2.24) is 0 Å². The monoisotopic (exact) mass is 186 g/mol. The molecule has 0 amide bonds. The van der Waals surface area contributed by atoms with Crippen LogP contribution in [0.3, 0.4) is 0 Å². The normalized spacial score (nSPS) is 14.8. The van der Waals surface area contributed by atoms with Gasteiger partial charge in [0.15, 0.2) is 5.78 Å². The summed E-state index contributed by atoms with van der Waals surface area (Å²) < 4.78 is 0. The number of carbonyl (C=O) groups excluding carboxylic acids is 3. The highest BCUT2D eigenvalue weighted by Gasteiger charge is 2.28. The Labute approximate surface area is 76.9 Å². The van der Waals surface area contributed by atoms with Crippen LogP contribution in [0.25, 0.3) is 0 Å². The molecule has 0 heterocycles. The van der Waals surface area contributed by atoms with Gasteiger partial charge >= 0.3 is 0 Å². The van der Waals surface area contributed by atoms with Gasteiger partial charge in [-0.25, -0.2) is 0 Å². The van der Waals surface area contributed by atoms with Crippen LogP contribution in [0.1, 0.15) is 27.2 Å². The predicted octanol–water partition coefficient (Wildman–Crippen LogP) is 0.121. The molecule has 0 spiro atoms. The summed E-state index contributed by atoms with van der Waals surface area (Å²) in [6, 6.07) is 0. The van der Waals surface area contributed by atoms with Gasteiger partial charge in [0.1, 0.15) is 17.7 Å². The Hall–Kier alpha value is -1.03. The second-order valence-corrected chi connectivity index (χ2v) is 3.18. The van der Waals surface area contributed by atoms with Crippen molar-refractivity contribution in [2.75, 3.05) is 0 Å². The van der Waals surface area contributed by atoms with Crippen LogP contribution in [0.4, 0.5) is 0 Å². The average molecular weight is 186 g/mol. The van der Waals surface area contributed by atoms with Crippen molar-refractivity contribution in [2.24, 2.45) is 5.92 Å². The summed E-state index contributed by atoms with van der Waals surface area (Å²) in [5, 5.41) is 9.28. The van der Waals surface area contributed by atoms with Crippen molar-refractivity contribution in [3.05, 3.63) is 0 Å². The fourth-order valence-electron chi connectivity index (χ4n) is 1.07. The predicted molar refractivity (Wildman–Crippen MR) is 46.2 cm³/mol. The molecule has 0 aromatic heterocycles. The summed E-state index contributed by atoms with van der Waals surface area (Å²) in [6.45, 7) is 3.78. The molecule has 0 fully saturated rings. The number of hydrogen-bond acceptors (Lipinski definition) is 4. The van der Waals surface area contributed by atoms with E-state index >= 15 is 0 Å². The molecule has 2 atom stereocenters. The van der Waals surface area contributed by atoms with E-state index in [-0.39, 0.29) is 18.0 Å². The molecule has 74 valence electrons. The first-order valence-electron chi connectivity index (χ1n) is 4.04. The minimum absolute atomic E-state index is 0.0733. The summed E-state index contributed by atoms with van der Waals surface area (Å²) >= 11 is 0. The van der Waals surface area contributed by atoms with Crippen LogP contribution < -0.4 is 0 Å². The third-order valence-electron chi connectivity index (χ3n) is 1.83. The standard InChI is InChI=1S/C9H14O4/c1-5(10)4-8(6(2)11)9(13)7(3)12/h8-9,13H,4H2,1-3H3. The van der Waals surface area contributed by atoms with Gasteiger partial charge in [-0.3, -0.25) is 9.59 Å². The van der Waals surface area contributed by atoms with Crippen LogP contribution in [0.2, 0.25) is 0 Å². The number of aliphatic hydroxyl groups excluding tert-OH is 1. The maximum absolute atomic E-state index is 11.0. The van der Waals surface area contributed by atoms with E-state index in [9.17, 15) is 19.5 Å². The van der Waals surface area contributed by atoms with Crippen molar-refractivity contribution in [3.8, 4) is 0 Å². The molecule has 0 rings (SSSR count). The molecule has 0 aliphatic rings. The molecule has 0 aliphatic carbocycles. The summed E-state index contributed by atoms with van der Waals surface area (Å²) in [7, 11) is 0. The van der Waals surface area contributed by atoms with E-state index in [0.29, 0.717) is 0 Å². The molecule has 0 saturated heterocycles. The fourth-order valence-corrected chi connectivity index (χ4v) is 1.07. The van der Waals surface area contributed by atoms with Crippen molar-refractivity contribution in [1.29, 1.82) is 0 Å². The molecular formula is C9H14O4. The molecule has 2 unspecified atom stereocenters. The zero-order valence-electron chi connectivity index (χ0n) is 8.03. The van der Waals surface area contributed by atoms with E-state index in [4.69, 9.17) is 0 Å². The van der Waals surface area contributed by atoms with Gasteiger partial charge < -0.3 is 9.90 Å². The maximum Gasteiger partial charge on any atom is 0.158 e. The Morgan fingerprint density at radius 3 is 1.77 bits per heavy atom. The van der Waals surface area contributed by atoms with Gasteiger partial charge in [-0.05, 0) is 20.8 Å². The zero-order valence-corrected chi connectivity index (χ0v) is 8.03. The summed E-state index contributed by atoms with van der Waals surface area (Å²) in [5.74, 6) is -1.91. The highest BCUT2D eigenvalue weighted by Crippen LogP contribution is 2.12. The SMILES string of the molecule is CC(=O)CC(C(C)=O)C(O)C(C)=O. The number of ketones is 3. The van der Waals surface area contributed by atoms with Gasteiger partial charge in [0.05, 0.1) is 5.92 Å². The topological polar surface area (TPSA) is 71.4 Å². The van der Waals surface area contributed by atoms with Gasteiger partial charge in [-0.1, -0.05) is 0 Å². The Kier molecular flexibility index (Phi) is 4.48. The number of Topliss-reactive ketones (excluding diaryl/α,β-unsaturated/α-hetero) is 3. The molecule has 0 radical (unpaired) electrons. The van der Waals surface area contributed by atoms with Gasteiger partial charge in [0.2, 0.25) is 0 Å². The van der Waals surface area contributed by atoms with E-state index in [0.717, 1.165) is 0 Å². The molecule has 0 aromatic carbocycles. The highest BCUT2D eigenvalue weighted by molar-refractivity contribution is 5.92. The third kappa shape index (κ3) is 3.94. The van der Waals surface area contributed by atoms with E-state index in [1.54, 1.807) is 0 Å². The number of rotatable bonds is 5. The van der Waals surface area contributed by atoms with Crippen LogP contribution in [-0.4, -0.2) is 28.6 Å². The third-order valence-corrected chi connectivity index (χ3v) is 1.83. The molecule has 4 nitrogen and oxygen atoms in total. The summed E-state index contributed by atoms with van der Waals surface area (Å²) in [5.41, 5.74) is 0. The largest absolute Gasteiger partial charge is 0.385 e. The second kappa shape index (κ2) is 4.87. The lowest BCUT2D eigenvalue weighted by Crippen LogP contribution is -2.33. The maximum atomic E-state index is 11.0. The average Bonchev–Trinajstić information content (AvgIpc) is 1.97. The van der Waals surface area contributed by atoms with E-state index in [2.05, 4.69) is 0 Å². The quantitative estimate of drug-likeness (QED) is 0.662. The molecule has 0 aromatic rings. The summed E-state index contributed by atoms with van der Waals surface area (Å²) in [4.78, 5) is 32.4. The van der Waals surface area contributed by atoms with Crippen LogP contribution in [0, 0.1) is 5.92 Å². The van der Waals surface area contributed by atoms with Crippen molar-refractivity contribution in [3.63, 3.8) is 0 Å². The lowest BCUT2D eigenvalue weighted by Gasteiger charge is -2.16. The van der Waals surface area contributed by atoms with E-state index < -0.39 is 17.8 Å². The molecular weight excluding hydrogens is 172 g/mol. The fraction of sp³-hybridized carbons (Fsp3) is 0.667. The Morgan fingerprint density at radius 2 is 1.54 bits per heavy atom. The first kappa shape index (κ1) is 12.0. The number of hydrogen-bond donors (Lipinski definition) is 1. The Balaban J connectivity index is 4.51.